The van der Waals surface area contributed by atoms with E-state index in [0.717, 1.165) is 11.1 Å². The van der Waals surface area contributed by atoms with Crippen LogP contribution in [0.2, 0.25) is 0 Å². The molecule has 2 aromatic rings. The zero-order valence-electron chi connectivity index (χ0n) is 14.0. The van der Waals surface area contributed by atoms with E-state index in [0.29, 0.717) is 18.9 Å². The molecule has 25 heavy (non-hydrogen) atoms. The molecular weight excluding hydrogens is 314 g/mol. The van der Waals surface area contributed by atoms with E-state index in [1.54, 1.807) is 0 Å². The van der Waals surface area contributed by atoms with Crippen molar-refractivity contribution in [2.75, 3.05) is 13.2 Å². The van der Waals surface area contributed by atoms with Crippen LogP contribution in [0.3, 0.4) is 0 Å². The smallest absolute Gasteiger partial charge is 0.122 e. The van der Waals surface area contributed by atoms with E-state index in [-0.39, 0.29) is 12.6 Å². The number of aliphatic hydroxyl groups excluding tert-OH is 2. The number of hydrogen-bond acceptors (Lipinski definition) is 4. The first-order valence-corrected chi connectivity index (χ1v) is 8.44. The number of β-amino-alcohol motifs (C(OH)–C–C–N with tert-alkyl or cyclic N) is 1. The van der Waals surface area contributed by atoms with Gasteiger partial charge in [-0.05, 0) is 23.3 Å². The zero-order chi connectivity index (χ0) is 17.5. The molecule has 0 spiro atoms. The number of benzene rings is 2. The van der Waals surface area contributed by atoms with Gasteiger partial charge in [0.15, 0.2) is 0 Å². The van der Waals surface area contributed by atoms with Crippen molar-refractivity contribution in [2.45, 2.75) is 18.8 Å². The summed E-state index contributed by atoms with van der Waals surface area (Å²) in [5, 5.41) is 20.3. The van der Waals surface area contributed by atoms with Gasteiger partial charge in [0.05, 0.1) is 6.61 Å². The fourth-order valence-corrected chi connectivity index (χ4v) is 2.98. The van der Waals surface area contributed by atoms with Crippen LogP contribution in [0.4, 0.5) is 0 Å². The molecule has 0 saturated heterocycles. The van der Waals surface area contributed by atoms with E-state index in [1.807, 2.05) is 83.9 Å². The van der Waals surface area contributed by atoms with E-state index in [1.165, 1.54) is 0 Å². The van der Waals surface area contributed by atoms with Gasteiger partial charge in [-0.15, -0.1) is 0 Å². The molecule has 4 nitrogen and oxygen atoms in total. The van der Waals surface area contributed by atoms with Gasteiger partial charge in [-0.25, -0.2) is 0 Å². The topological polar surface area (TPSA) is 52.9 Å². The Kier molecular flexibility index (Phi) is 5.88. The van der Waals surface area contributed by atoms with Gasteiger partial charge >= 0.3 is 0 Å². The third-order valence-corrected chi connectivity index (χ3v) is 4.23. The summed E-state index contributed by atoms with van der Waals surface area (Å²) in [5.41, 5.74) is 1.89. The van der Waals surface area contributed by atoms with Crippen LogP contribution in [0.25, 0.3) is 0 Å². The first-order valence-electron chi connectivity index (χ1n) is 8.44. The molecule has 2 N–H and O–H groups in total. The fraction of sp³-hybridized carbons (Fsp3) is 0.238. The molecule has 2 aromatic carbocycles. The Bertz CT molecular complexity index is 712. The van der Waals surface area contributed by atoms with Crippen LogP contribution >= 0.6 is 0 Å². The van der Waals surface area contributed by atoms with Crippen LogP contribution in [0.5, 0.6) is 0 Å². The predicted molar refractivity (Wildman–Crippen MR) is 97.4 cm³/mol. The Balaban J connectivity index is 1.80. The molecule has 3 rings (SSSR count). The Hall–Kier alpha value is -2.56. The van der Waals surface area contributed by atoms with Gasteiger partial charge in [-0.3, -0.25) is 0 Å². The van der Waals surface area contributed by atoms with E-state index < -0.39 is 6.10 Å². The normalized spacial score (nSPS) is 17.9. The van der Waals surface area contributed by atoms with Gasteiger partial charge in [0.1, 0.15) is 24.5 Å². The molecule has 0 fully saturated rings. The largest absolute Gasteiger partial charge is 0.491 e. The summed E-state index contributed by atoms with van der Waals surface area (Å²) in [6.07, 6.45) is 4.89. The lowest BCUT2D eigenvalue weighted by Crippen LogP contribution is -2.41. The van der Waals surface area contributed by atoms with E-state index >= 15 is 0 Å². The number of hydrogen-bond donors (Lipinski definition) is 2. The van der Waals surface area contributed by atoms with Crippen LogP contribution in [-0.2, 0) is 11.3 Å². The minimum Gasteiger partial charge on any atom is -0.491 e. The summed E-state index contributed by atoms with van der Waals surface area (Å²) in [5.74, 6) is 0.691. The van der Waals surface area contributed by atoms with Crippen LogP contribution in [0.15, 0.2) is 84.8 Å². The number of ether oxygens (including phenoxy) is 1. The molecule has 2 unspecified atom stereocenters. The van der Waals surface area contributed by atoms with E-state index in [9.17, 15) is 10.2 Å². The molecule has 1 aliphatic heterocycles. The lowest BCUT2D eigenvalue weighted by atomic mass is 9.97. The van der Waals surface area contributed by atoms with Crippen LogP contribution in [0.1, 0.15) is 17.2 Å². The van der Waals surface area contributed by atoms with Crippen LogP contribution in [0, 0.1) is 0 Å². The van der Waals surface area contributed by atoms with Crippen molar-refractivity contribution in [1.29, 1.82) is 0 Å². The van der Waals surface area contributed by atoms with Gasteiger partial charge in [-0.1, -0.05) is 60.7 Å². The minimum atomic E-state index is -0.750. The van der Waals surface area contributed by atoms with Gasteiger partial charge < -0.3 is 19.8 Å². The summed E-state index contributed by atoms with van der Waals surface area (Å²) >= 11 is 0. The quantitative estimate of drug-likeness (QED) is 0.815. The van der Waals surface area contributed by atoms with Gasteiger partial charge in [0.2, 0.25) is 0 Å². The molecule has 0 bridgehead atoms. The Morgan fingerprint density at radius 2 is 1.68 bits per heavy atom. The highest BCUT2D eigenvalue weighted by Crippen LogP contribution is 2.30. The summed E-state index contributed by atoms with van der Waals surface area (Å²) in [6.45, 7) is 0.872. The van der Waals surface area contributed by atoms with Crippen molar-refractivity contribution in [3.05, 3.63) is 95.9 Å². The Labute approximate surface area is 148 Å². The number of rotatable bonds is 7. The molecule has 0 aromatic heterocycles. The molecule has 0 radical (unpaired) electrons. The number of allylic oxidation sites excluding steroid dienone is 2. The van der Waals surface area contributed by atoms with Crippen molar-refractivity contribution in [2.24, 2.45) is 0 Å². The highest BCUT2D eigenvalue weighted by molar-refractivity contribution is 5.27. The number of nitrogens with zero attached hydrogens (tertiary/aromatic N) is 1. The average molecular weight is 337 g/mol. The Morgan fingerprint density at radius 3 is 2.36 bits per heavy atom. The minimum absolute atomic E-state index is 0.00825. The van der Waals surface area contributed by atoms with Crippen molar-refractivity contribution < 1.29 is 14.9 Å². The van der Waals surface area contributed by atoms with E-state index in [2.05, 4.69) is 0 Å². The van der Waals surface area contributed by atoms with Gasteiger partial charge in [0.25, 0.3) is 0 Å². The lowest BCUT2D eigenvalue weighted by Gasteiger charge is -2.37. The SMILES string of the molecule is OCCN1C=CC=C(OCc2ccccc2)C1C(O)c1ccccc1. The van der Waals surface area contributed by atoms with Crippen LogP contribution < -0.4 is 0 Å². The first kappa shape index (κ1) is 17.3. The molecule has 0 saturated carbocycles. The molecule has 0 aliphatic carbocycles. The summed E-state index contributed by atoms with van der Waals surface area (Å²) in [7, 11) is 0. The van der Waals surface area contributed by atoms with Gasteiger partial charge in [0, 0.05) is 12.7 Å². The predicted octanol–water partition coefficient (Wildman–Crippen LogP) is 3.01. The van der Waals surface area contributed by atoms with Gasteiger partial charge in [-0.2, -0.15) is 0 Å². The molecule has 1 aliphatic rings. The number of aliphatic hydroxyl groups is 2. The molecule has 1 heterocycles. The second-order valence-corrected chi connectivity index (χ2v) is 5.95. The third kappa shape index (κ3) is 4.29. The first-order chi connectivity index (χ1) is 12.3. The Morgan fingerprint density at radius 1 is 1.00 bits per heavy atom. The standard InChI is InChI=1S/C21H23NO3/c23-15-14-22-13-7-12-19(25-16-17-8-3-1-4-9-17)20(22)21(24)18-10-5-2-6-11-18/h1-13,20-21,23-24H,14-16H2. The highest BCUT2D eigenvalue weighted by Gasteiger charge is 2.31. The van der Waals surface area contributed by atoms with Crippen LogP contribution in [-0.4, -0.2) is 34.3 Å². The molecule has 4 heteroatoms. The third-order valence-electron chi connectivity index (χ3n) is 4.23. The summed E-state index contributed by atoms with van der Waals surface area (Å²) in [6, 6.07) is 19.1. The molecule has 0 amide bonds. The fourth-order valence-electron chi connectivity index (χ4n) is 2.98. The zero-order valence-corrected chi connectivity index (χ0v) is 14.0. The van der Waals surface area contributed by atoms with Crippen molar-refractivity contribution in [3.8, 4) is 0 Å². The monoisotopic (exact) mass is 337 g/mol. The maximum Gasteiger partial charge on any atom is 0.122 e. The maximum absolute atomic E-state index is 10.9. The second-order valence-electron chi connectivity index (χ2n) is 5.95. The van der Waals surface area contributed by atoms with Crippen molar-refractivity contribution in [3.63, 3.8) is 0 Å². The lowest BCUT2D eigenvalue weighted by molar-refractivity contribution is 0.0374. The molecule has 2 atom stereocenters. The molecule has 130 valence electrons. The highest BCUT2D eigenvalue weighted by atomic mass is 16.5. The maximum atomic E-state index is 10.9. The summed E-state index contributed by atoms with van der Waals surface area (Å²) in [4.78, 5) is 1.91. The van der Waals surface area contributed by atoms with Crippen molar-refractivity contribution >= 4 is 0 Å². The molecular formula is C21H23NO3. The van der Waals surface area contributed by atoms with Crippen molar-refractivity contribution in [1.82, 2.24) is 4.90 Å². The average Bonchev–Trinajstić information content (AvgIpc) is 2.68. The summed E-state index contributed by atoms with van der Waals surface area (Å²) < 4.78 is 6.03. The second kappa shape index (κ2) is 8.51. The van der Waals surface area contributed by atoms with E-state index in [4.69, 9.17) is 4.74 Å².